The third-order valence-corrected chi connectivity index (χ3v) is 4.40. The van der Waals surface area contributed by atoms with Crippen LogP contribution in [0.3, 0.4) is 0 Å². The highest BCUT2D eigenvalue weighted by Crippen LogP contribution is 2.09. The Morgan fingerprint density at radius 3 is 2.32 bits per heavy atom. The van der Waals surface area contributed by atoms with E-state index >= 15 is 0 Å². The van der Waals surface area contributed by atoms with Crippen LogP contribution in [0.25, 0.3) is 0 Å². The number of ether oxygens (including phenoxy) is 1. The summed E-state index contributed by atoms with van der Waals surface area (Å²) in [6, 6.07) is 6.56. The molecular formula is C16H29IN4O3S. The zero-order valence-electron chi connectivity index (χ0n) is 15.2. The van der Waals surface area contributed by atoms with Gasteiger partial charge >= 0.3 is 0 Å². The van der Waals surface area contributed by atoms with Gasteiger partial charge < -0.3 is 15.4 Å². The molecule has 0 atom stereocenters. The lowest BCUT2D eigenvalue weighted by molar-refractivity contribution is 0.0310. The van der Waals surface area contributed by atoms with Crippen LogP contribution in [0.2, 0.25) is 0 Å². The predicted molar refractivity (Wildman–Crippen MR) is 112 cm³/mol. The van der Waals surface area contributed by atoms with Crippen LogP contribution < -0.4 is 15.8 Å². The monoisotopic (exact) mass is 484 g/mol. The topological polar surface area (TPSA) is 106 Å². The van der Waals surface area contributed by atoms with Gasteiger partial charge in [-0.05, 0) is 44.9 Å². The third kappa shape index (κ3) is 9.38. The van der Waals surface area contributed by atoms with Gasteiger partial charge in [-0.15, -0.1) is 24.0 Å². The first-order chi connectivity index (χ1) is 11.2. The predicted octanol–water partition coefficient (Wildman–Crippen LogP) is 1.47. The first-order valence-electron chi connectivity index (χ1n) is 7.87. The number of nitrogens with one attached hydrogen (secondary N) is 2. The standard InChI is InChI=1S/C16H28N4O3S.HI/c1-5-18-15(20-12-16(2,3)23-4)19-11-10-13-6-8-14(9-7-13)24(17,21)22;/h6-9H,5,10-12H2,1-4H3,(H2,17,21,22)(H2,18,19,20);1H. The largest absolute Gasteiger partial charge is 0.377 e. The molecule has 0 heterocycles. The minimum absolute atomic E-state index is 0. The van der Waals surface area contributed by atoms with E-state index in [2.05, 4.69) is 15.6 Å². The van der Waals surface area contributed by atoms with E-state index in [1.54, 1.807) is 19.2 Å². The number of hydrogen-bond donors (Lipinski definition) is 3. The summed E-state index contributed by atoms with van der Waals surface area (Å²) < 4.78 is 27.8. The number of aliphatic imine (C=N–C) groups is 1. The van der Waals surface area contributed by atoms with Gasteiger partial charge in [0.25, 0.3) is 0 Å². The molecule has 144 valence electrons. The van der Waals surface area contributed by atoms with Crippen LogP contribution in [-0.2, 0) is 21.2 Å². The molecule has 0 saturated carbocycles. The first kappa shape index (κ1) is 24.1. The Balaban J connectivity index is 0.00000576. The fourth-order valence-electron chi connectivity index (χ4n) is 1.85. The molecule has 0 bridgehead atoms. The third-order valence-electron chi connectivity index (χ3n) is 3.47. The number of guanidine groups is 1. The average molecular weight is 484 g/mol. The van der Waals surface area contributed by atoms with Crippen molar-refractivity contribution in [2.45, 2.75) is 37.7 Å². The summed E-state index contributed by atoms with van der Waals surface area (Å²) in [5, 5.41) is 11.5. The van der Waals surface area contributed by atoms with Crippen LogP contribution in [0, 0.1) is 0 Å². The van der Waals surface area contributed by atoms with E-state index in [9.17, 15) is 8.42 Å². The van der Waals surface area contributed by atoms with Crippen molar-refractivity contribution in [3.05, 3.63) is 29.8 Å². The Bertz CT molecular complexity index is 646. The Morgan fingerprint density at radius 1 is 1.24 bits per heavy atom. The molecule has 9 heteroatoms. The molecule has 1 rings (SSSR count). The number of benzene rings is 1. The van der Waals surface area contributed by atoms with Crippen molar-refractivity contribution in [3.63, 3.8) is 0 Å². The van der Waals surface area contributed by atoms with Crippen molar-refractivity contribution in [2.75, 3.05) is 26.7 Å². The molecule has 0 aliphatic carbocycles. The van der Waals surface area contributed by atoms with E-state index in [1.165, 1.54) is 12.1 Å². The maximum atomic E-state index is 11.2. The molecule has 4 N–H and O–H groups in total. The molecule has 0 aliphatic rings. The number of methoxy groups -OCH3 is 1. The molecule has 1 aromatic rings. The molecule has 1 aromatic carbocycles. The zero-order chi connectivity index (χ0) is 18.2. The molecule has 0 fully saturated rings. The molecule has 7 nitrogen and oxygen atoms in total. The van der Waals surface area contributed by atoms with Gasteiger partial charge in [-0.25, -0.2) is 13.6 Å². The highest BCUT2D eigenvalue weighted by molar-refractivity contribution is 14.0. The van der Waals surface area contributed by atoms with Gasteiger partial charge in [0.2, 0.25) is 10.0 Å². The van der Waals surface area contributed by atoms with Crippen molar-refractivity contribution in [2.24, 2.45) is 10.1 Å². The molecule has 0 amide bonds. The lowest BCUT2D eigenvalue weighted by Crippen LogP contribution is -2.40. The summed E-state index contributed by atoms with van der Waals surface area (Å²) in [5.74, 6) is 0.726. The minimum Gasteiger partial charge on any atom is -0.377 e. The van der Waals surface area contributed by atoms with Crippen molar-refractivity contribution < 1.29 is 13.2 Å². The van der Waals surface area contributed by atoms with Gasteiger partial charge in [-0.2, -0.15) is 0 Å². The Hall–Kier alpha value is -0.910. The Labute approximate surface area is 167 Å². The van der Waals surface area contributed by atoms with Crippen LogP contribution >= 0.6 is 24.0 Å². The van der Waals surface area contributed by atoms with Gasteiger partial charge in [0.05, 0.1) is 17.0 Å². The van der Waals surface area contributed by atoms with Gasteiger partial charge in [0, 0.05) is 20.2 Å². The van der Waals surface area contributed by atoms with Crippen LogP contribution in [0.1, 0.15) is 26.3 Å². The van der Waals surface area contributed by atoms with Crippen LogP contribution in [-0.4, -0.2) is 46.7 Å². The lowest BCUT2D eigenvalue weighted by atomic mass is 10.1. The number of nitrogens with zero attached hydrogens (tertiary/aromatic N) is 1. The number of rotatable bonds is 8. The van der Waals surface area contributed by atoms with Crippen molar-refractivity contribution in [1.29, 1.82) is 0 Å². The second-order valence-corrected chi connectivity index (χ2v) is 7.59. The fraction of sp³-hybridized carbons (Fsp3) is 0.562. The summed E-state index contributed by atoms with van der Waals surface area (Å²) in [6.45, 7) is 7.95. The van der Waals surface area contributed by atoms with E-state index in [1.807, 2.05) is 20.8 Å². The maximum Gasteiger partial charge on any atom is 0.238 e. The van der Waals surface area contributed by atoms with Crippen molar-refractivity contribution in [1.82, 2.24) is 10.6 Å². The van der Waals surface area contributed by atoms with Gasteiger partial charge in [0.1, 0.15) is 0 Å². The number of primary sulfonamides is 1. The number of sulfonamides is 1. The summed E-state index contributed by atoms with van der Waals surface area (Å²) in [7, 11) is -1.97. The summed E-state index contributed by atoms with van der Waals surface area (Å²) >= 11 is 0. The summed E-state index contributed by atoms with van der Waals surface area (Å²) in [6.07, 6.45) is 0.739. The Morgan fingerprint density at radius 2 is 1.84 bits per heavy atom. The summed E-state index contributed by atoms with van der Waals surface area (Å²) in [4.78, 5) is 4.63. The van der Waals surface area contributed by atoms with Crippen LogP contribution in [0.5, 0.6) is 0 Å². The molecule has 25 heavy (non-hydrogen) atoms. The van der Waals surface area contributed by atoms with E-state index < -0.39 is 10.0 Å². The van der Waals surface area contributed by atoms with E-state index in [-0.39, 0.29) is 34.5 Å². The lowest BCUT2D eigenvalue weighted by Gasteiger charge is -2.21. The molecule has 0 spiro atoms. The van der Waals surface area contributed by atoms with Gasteiger partial charge in [-0.3, -0.25) is 4.99 Å². The van der Waals surface area contributed by atoms with Crippen molar-refractivity contribution >= 4 is 40.0 Å². The normalized spacial score (nSPS) is 12.4. The highest BCUT2D eigenvalue weighted by Gasteiger charge is 2.15. The number of hydrogen-bond acceptors (Lipinski definition) is 4. The SMILES string of the molecule is CCNC(=NCC(C)(C)OC)NCCc1ccc(S(N)(=O)=O)cc1.I. The molecule has 0 saturated heterocycles. The molecule has 0 radical (unpaired) electrons. The molecule has 0 aromatic heterocycles. The van der Waals surface area contributed by atoms with E-state index in [0.29, 0.717) is 13.1 Å². The molecule has 0 unspecified atom stereocenters. The van der Waals surface area contributed by atoms with Gasteiger partial charge in [-0.1, -0.05) is 12.1 Å². The first-order valence-corrected chi connectivity index (χ1v) is 9.41. The Kier molecular flexibility index (Phi) is 10.5. The van der Waals surface area contributed by atoms with Gasteiger partial charge in [0.15, 0.2) is 5.96 Å². The maximum absolute atomic E-state index is 11.2. The number of nitrogens with two attached hydrogens (primary N) is 1. The minimum atomic E-state index is -3.64. The summed E-state index contributed by atoms with van der Waals surface area (Å²) in [5.41, 5.74) is 0.703. The second-order valence-electron chi connectivity index (χ2n) is 6.02. The zero-order valence-corrected chi connectivity index (χ0v) is 18.4. The van der Waals surface area contributed by atoms with Crippen molar-refractivity contribution in [3.8, 4) is 0 Å². The average Bonchev–Trinajstić information content (AvgIpc) is 2.52. The second kappa shape index (κ2) is 10.9. The van der Waals surface area contributed by atoms with E-state index in [4.69, 9.17) is 9.88 Å². The number of halogens is 1. The molecular weight excluding hydrogens is 455 g/mol. The fourth-order valence-corrected chi connectivity index (χ4v) is 2.36. The van der Waals surface area contributed by atoms with E-state index in [0.717, 1.165) is 24.5 Å². The smallest absolute Gasteiger partial charge is 0.238 e. The van der Waals surface area contributed by atoms with Crippen LogP contribution in [0.15, 0.2) is 34.2 Å². The quantitative estimate of drug-likeness (QED) is 0.295. The van der Waals surface area contributed by atoms with Crippen LogP contribution in [0.4, 0.5) is 0 Å². The highest BCUT2D eigenvalue weighted by atomic mass is 127. The molecule has 0 aliphatic heterocycles.